The number of hydrogen-bond donors (Lipinski definition) is 1. The molecule has 0 atom stereocenters. The second kappa shape index (κ2) is 7.00. The fraction of sp³-hybridized carbons (Fsp3) is 0.250. The van der Waals surface area contributed by atoms with Crippen molar-refractivity contribution in [3.05, 3.63) is 46.5 Å². The monoisotopic (exact) mass is 356 g/mol. The molecule has 6 heteroatoms. The first-order valence-corrected chi connectivity index (χ1v) is 7.97. The number of carboxylic acids is 1. The molecule has 1 N–H and O–H groups in total. The summed E-state index contributed by atoms with van der Waals surface area (Å²) in [5.41, 5.74) is 3.33. The van der Waals surface area contributed by atoms with Crippen LogP contribution in [-0.2, 0) is 11.2 Å². The first-order chi connectivity index (χ1) is 12.5. The third-order valence-electron chi connectivity index (χ3n) is 4.46. The Morgan fingerprint density at radius 3 is 1.85 bits per heavy atom. The third kappa shape index (κ3) is 2.94. The smallest absolute Gasteiger partial charge is 0.336 e. The van der Waals surface area contributed by atoms with Crippen molar-refractivity contribution in [2.75, 3.05) is 28.4 Å². The van der Waals surface area contributed by atoms with Crippen LogP contribution < -0.4 is 18.9 Å². The van der Waals surface area contributed by atoms with E-state index in [1.54, 1.807) is 39.5 Å². The van der Waals surface area contributed by atoms with E-state index in [0.29, 0.717) is 35.0 Å². The van der Waals surface area contributed by atoms with Crippen molar-refractivity contribution < 1.29 is 28.8 Å². The summed E-state index contributed by atoms with van der Waals surface area (Å²) in [5, 5.41) is 9.76. The molecule has 0 bridgehead atoms. The van der Waals surface area contributed by atoms with E-state index >= 15 is 0 Å². The number of ether oxygens (including phenoxy) is 4. The van der Waals surface area contributed by atoms with Crippen molar-refractivity contribution in [1.82, 2.24) is 0 Å². The average molecular weight is 356 g/mol. The molecule has 0 saturated carbocycles. The SMILES string of the molecule is COc1cc2c(cc1OC)Cc1cc(OC)c(OC)cc1C(C(=O)O)=C2. The van der Waals surface area contributed by atoms with E-state index in [2.05, 4.69) is 0 Å². The summed E-state index contributed by atoms with van der Waals surface area (Å²) in [7, 11) is 6.20. The summed E-state index contributed by atoms with van der Waals surface area (Å²) in [4.78, 5) is 11.9. The van der Waals surface area contributed by atoms with E-state index in [9.17, 15) is 9.90 Å². The van der Waals surface area contributed by atoms with Gasteiger partial charge in [-0.2, -0.15) is 0 Å². The second-order valence-electron chi connectivity index (χ2n) is 5.81. The zero-order chi connectivity index (χ0) is 18.8. The van der Waals surface area contributed by atoms with Gasteiger partial charge in [0.25, 0.3) is 0 Å². The maximum Gasteiger partial charge on any atom is 0.336 e. The minimum Gasteiger partial charge on any atom is -0.493 e. The van der Waals surface area contributed by atoms with Gasteiger partial charge in [-0.3, -0.25) is 0 Å². The van der Waals surface area contributed by atoms with Gasteiger partial charge in [0.05, 0.1) is 34.0 Å². The molecule has 0 aromatic heterocycles. The van der Waals surface area contributed by atoms with Crippen LogP contribution in [0.2, 0.25) is 0 Å². The molecule has 0 aliphatic heterocycles. The van der Waals surface area contributed by atoms with Gasteiger partial charge in [0, 0.05) is 0 Å². The number of hydrogen-bond acceptors (Lipinski definition) is 5. The van der Waals surface area contributed by atoms with Crippen LogP contribution in [0.15, 0.2) is 24.3 Å². The number of fused-ring (bicyclic) bond motifs is 2. The van der Waals surface area contributed by atoms with Gasteiger partial charge in [-0.15, -0.1) is 0 Å². The number of rotatable bonds is 5. The lowest BCUT2D eigenvalue weighted by atomic mass is 9.96. The van der Waals surface area contributed by atoms with Crippen LogP contribution in [0.3, 0.4) is 0 Å². The molecular formula is C20H20O6. The lowest BCUT2D eigenvalue weighted by molar-refractivity contribution is -0.130. The number of carboxylic acid groups (broad SMARTS) is 1. The first kappa shape index (κ1) is 17.7. The highest BCUT2D eigenvalue weighted by molar-refractivity contribution is 6.21. The molecule has 0 fully saturated rings. The van der Waals surface area contributed by atoms with E-state index in [1.165, 1.54) is 7.11 Å². The van der Waals surface area contributed by atoms with Crippen molar-refractivity contribution in [2.24, 2.45) is 0 Å². The lowest BCUT2D eigenvalue weighted by Gasteiger charge is -2.15. The highest BCUT2D eigenvalue weighted by Crippen LogP contribution is 2.40. The highest BCUT2D eigenvalue weighted by atomic mass is 16.5. The Morgan fingerprint density at radius 2 is 1.31 bits per heavy atom. The van der Waals surface area contributed by atoms with Crippen LogP contribution in [0.25, 0.3) is 11.6 Å². The Hall–Kier alpha value is -3.15. The molecule has 0 heterocycles. The Balaban J connectivity index is 2.28. The number of methoxy groups -OCH3 is 4. The highest BCUT2D eigenvalue weighted by Gasteiger charge is 2.24. The van der Waals surface area contributed by atoms with Gasteiger partial charge in [-0.25, -0.2) is 4.79 Å². The average Bonchev–Trinajstić information content (AvgIpc) is 2.81. The van der Waals surface area contributed by atoms with Gasteiger partial charge in [0.1, 0.15) is 0 Å². The Bertz CT molecular complexity index is 898. The predicted octanol–water partition coefficient (Wildman–Crippen LogP) is 3.25. The fourth-order valence-corrected chi connectivity index (χ4v) is 3.16. The quantitative estimate of drug-likeness (QED) is 0.886. The Kier molecular flexibility index (Phi) is 4.75. The van der Waals surface area contributed by atoms with E-state index < -0.39 is 5.97 Å². The van der Waals surface area contributed by atoms with Crippen LogP contribution in [0.1, 0.15) is 22.3 Å². The zero-order valence-electron chi connectivity index (χ0n) is 15.1. The second-order valence-corrected chi connectivity index (χ2v) is 5.81. The van der Waals surface area contributed by atoms with E-state index in [4.69, 9.17) is 18.9 Å². The van der Waals surface area contributed by atoms with Gasteiger partial charge in [0.2, 0.25) is 0 Å². The minimum absolute atomic E-state index is 0.187. The minimum atomic E-state index is -1.01. The standard InChI is InChI=1S/C20H20O6/c1-23-16-7-11-5-13-9-18(25-3)19(26-4)10-14(13)15(20(21)22)6-12(11)8-17(16)24-2/h6-10H,5H2,1-4H3,(H,21,22). The summed E-state index contributed by atoms with van der Waals surface area (Å²) in [5.74, 6) is 1.18. The van der Waals surface area contributed by atoms with Crippen molar-refractivity contribution in [3.8, 4) is 23.0 Å². The van der Waals surface area contributed by atoms with Crippen LogP contribution in [0, 0.1) is 0 Å². The molecular weight excluding hydrogens is 336 g/mol. The number of benzene rings is 2. The van der Waals surface area contributed by atoms with Crippen molar-refractivity contribution >= 4 is 17.6 Å². The zero-order valence-corrected chi connectivity index (χ0v) is 15.1. The molecule has 0 unspecified atom stereocenters. The van der Waals surface area contributed by atoms with Gasteiger partial charge in [-0.05, 0) is 59.0 Å². The van der Waals surface area contributed by atoms with Gasteiger partial charge in [0.15, 0.2) is 23.0 Å². The number of carbonyl (C=O) groups is 1. The molecule has 26 heavy (non-hydrogen) atoms. The summed E-state index contributed by atoms with van der Waals surface area (Å²) in [6, 6.07) is 7.18. The maximum absolute atomic E-state index is 11.9. The molecule has 3 rings (SSSR count). The van der Waals surface area contributed by atoms with E-state index in [1.807, 2.05) is 12.1 Å². The van der Waals surface area contributed by atoms with Crippen LogP contribution in [-0.4, -0.2) is 39.5 Å². The molecule has 1 aliphatic rings. The topological polar surface area (TPSA) is 74.2 Å². The lowest BCUT2D eigenvalue weighted by Crippen LogP contribution is -2.03. The number of aliphatic carboxylic acids is 1. The van der Waals surface area contributed by atoms with Crippen molar-refractivity contribution in [2.45, 2.75) is 6.42 Å². The van der Waals surface area contributed by atoms with Gasteiger partial charge >= 0.3 is 5.97 Å². The fourth-order valence-electron chi connectivity index (χ4n) is 3.16. The molecule has 136 valence electrons. The first-order valence-electron chi connectivity index (χ1n) is 7.97. The molecule has 0 radical (unpaired) electrons. The molecule has 0 saturated heterocycles. The summed E-state index contributed by atoms with van der Waals surface area (Å²) in [6.07, 6.45) is 2.18. The largest absolute Gasteiger partial charge is 0.493 e. The predicted molar refractivity (Wildman–Crippen MR) is 97.4 cm³/mol. The Labute approximate surface area is 151 Å². The molecule has 2 aromatic rings. The van der Waals surface area contributed by atoms with E-state index in [0.717, 1.165) is 16.7 Å². The maximum atomic E-state index is 11.9. The van der Waals surface area contributed by atoms with Gasteiger partial charge < -0.3 is 24.1 Å². The molecule has 1 aliphatic carbocycles. The molecule has 0 spiro atoms. The normalized spacial score (nSPS) is 12.2. The van der Waals surface area contributed by atoms with Gasteiger partial charge in [-0.1, -0.05) is 0 Å². The van der Waals surface area contributed by atoms with Crippen molar-refractivity contribution in [1.29, 1.82) is 0 Å². The molecule has 0 amide bonds. The van der Waals surface area contributed by atoms with Crippen LogP contribution in [0.5, 0.6) is 23.0 Å². The summed E-state index contributed by atoms with van der Waals surface area (Å²) in [6.45, 7) is 0. The Morgan fingerprint density at radius 1 is 0.808 bits per heavy atom. The molecule has 6 nitrogen and oxygen atoms in total. The van der Waals surface area contributed by atoms with Crippen LogP contribution in [0.4, 0.5) is 0 Å². The van der Waals surface area contributed by atoms with Crippen molar-refractivity contribution in [3.63, 3.8) is 0 Å². The van der Waals surface area contributed by atoms with Crippen LogP contribution >= 0.6 is 0 Å². The van der Waals surface area contributed by atoms with E-state index in [-0.39, 0.29) is 5.57 Å². The summed E-state index contributed by atoms with van der Waals surface area (Å²) < 4.78 is 21.4. The third-order valence-corrected chi connectivity index (χ3v) is 4.46. The summed E-state index contributed by atoms with van der Waals surface area (Å²) >= 11 is 0. The molecule has 2 aromatic carbocycles.